The van der Waals surface area contributed by atoms with Gasteiger partial charge in [0.05, 0.1) is 6.10 Å². The van der Waals surface area contributed by atoms with Crippen LogP contribution in [0.3, 0.4) is 0 Å². The lowest BCUT2D eigenvalue weighted by molar-refractivity contribution is 0.116. The van der Waals surface area contributed by atoms with E-state index in [-0.39, 0.29) is 6.10 Å². The van der Waals surface area contributed by atoms with E-state index >= 15 is 0 Å². The summed E-state index contributed by atoms with van der Waals surface area (Å²) in [7, 11) is 0. The van der Waals surface area contributed by atoms with Crippen molar-refractivity contribution in [2.45, 2.75) is 65.1 Å². The van der Waals surface area contributed by atoms with Gasteiger partial charge in [-0.3, -0.25) is 0 Å². The van der Waals surface area contributed by atoms with Crippen molar-refractivity contribution in [3.05, 3.63) is 34.4 Å². The van der Waals surface area contributed by atoms with E-state index in [2.05, 4.69) is 38.2 Å². The van der Waals surface area contributed by atoms with Crippen molar-refractivity contribution >= 4 is 0 Å². The van der Waals surface area contributed by atoms with Gasteiger partial charge in [0.1, 0.15) is 0 Å². The van der Waals surface area contributed by atoms with Gasteiger partial charge in [-0.15, -0.1) is 0 Å². The predicted molar refractivity (Wildman–Crippen MR) is 75.8 cm³/mol. The Morgan fingerprint density at radius 3 is 2.28 bits per heavy atom. The van der Waals surface area contributed by atoms with E-state index in [9.17, 15) is 5.11 Å². The number of aliphatic hydroxyl groups excluding tert-OH is 1. The maximum absolute atomic E-state index is 9.50. The molecule has 0 saturated heterocycles. The summed E-state index contributed by atoms with van der Waals surface area (Å²) in [5.41, 5.74) is 5.53. The predicted octanol–water partition coefficient (Wildman–Crippen LogP) is 3.00. The molecule has 0 aliphatic heterocycles. The Bertz CT molecular complexity index is 406. The van der Waals surface area contributed by atoms with Gasteiger partial charge in [0.2, 0.25) is 0 Å². The first-order valence-corrected chi connectivity index (χ1v) is 7.04. The second-order valence-corrected chi connectivity index (χ2v) is 5.75. The molecule has 18 heavy (non-hydrogen) atoms. The molecule has 100 valence electrons. The Labute approximate surface area is 110 Å². The number of aryl methyl sites for hydroxylation is 3. The first kappa shape index (κ1) is 13.6. The van der Waals surface area contributed by atoms with E-state index in [1.165, 1.54) is 22.3 Å². The van der Waals surface area contributed by atoms with Crippen molar-refractivity contribution in [2.75, 3.05) is 0 Å². The van der Waals surface area contributed by atoms with Gasteiger partial charge in [-0.25, -0.2) is 0 Å². The summed E-state index contributed by atoms with van der Waals surface area (Å²) in [5, 5.41) is 13.1. The van der Waals surface area contributed by atoms with Crippen LogP contribution >= 0.6 is 0 Å². The number of hydrogen-bond acceptors (Lipinski definition) is 2. The highest BCUT2D eigenvalue weighted by molar-refractivity contribution is 5.36. The molecule has 1 aliphatic carbocycles. The summed E-state index contributed by atoms with van der Waals surface area (Å²) >= 11 is 0. The minimum absolute atomic E-state index is 0.0635. The molecule has 0 aromatic heterocycles. The summed E-state index contributed by atoms with van der Waals surface area (Å²) in [4.78, 5) is 0. The first-order chi connectivity index (χ1) is 8.56. The minimum Gasteiger partial charge on any atom is -0.393 e. The molecule has 2 nitrogen and oxygen atoms in total. The summed E-state index contributed by atoms with van der Waals surface area (Å²) in [6, 6.07) is 5.15. The van der Waals surface area contributed by atoms with Crippen LogP contribution in [0.5, 0.6) is 0 Å². The first-order valence-electron chi connectivity index (χ1n) is 7.04. The van der Waals surface area contributed by atoms with E-state index in [0.29, 0.717) is 6.04 Å². The summed E-state index contributed by atoms with van der Waals surface area (Å²) in [6.45, 7) is 7.49. The van der Waals surface area contributed by atoms with Crippen LogP contribution in [0.2, 0.25) is 0 Å². The minimum atomic E-state index is -0.0635. The molecule has 0 amide bonds. The number of benzene rings is 1. The quantitative estimate of drug-likeness (QED) is 0.860. The normalized spacial score (nSPS) is 24.2. The molecule has 1 aliphatic rings. The van der Waals surface area contributed by atoms with Crippen LogP contribution in [0.1, 0.15) is 47.9 Å². The highest BCUT2D eigenvalue weighted by Crippen LogP contribution is 2.20. The van der Waals surface area contributed by atoms with Crippen LogP contribution in [0.4, 0.5) is 0 Å². The monoisotopic (exact) mass is 247 g/mol. The Balaban J connectivity index is 1.92. The van der Waals surface area contributed by atoms with E-state index in [1.54, 1.807) is 0 Å². The third-order valence-corrected chi connectivity index (χ3v) is 4.23. The number of nitrogens with one attached hydrogen (secondary N) is 1. The van der Waals surface area contributed by atoms with Gasteiger partial charge >= 0.3 is 0 Å². The third-order valence-electron chi connectivity index (χ3n) is 4.23. The van der Waals surface area contributed by atoms with Gasteiger partial charge < -0.3 is 10.4 Å². The average Bonchev–Trinajstić information content (AvgIpc) is 2.34. The lowest BCUT2D eigenvalue weighted by Crippen LogP contribution is -2.34. The fraction of sp³-hybridized carbons (Fsp3) is 0.625. The molecule has 1 aromatic rings. The van der Waals surface area contributed by atoms with E-state index in [0.717, 1.165) is 32.2 Å². The maximum Gasteiger partial charge on any atom is 0.0541 e. The highest BCUT2D eigenvalue weighted by atomic mass is 16.3. The molecule has 0 spiro atoms. The Morgan fingerprint density at radius 2 is 1.61 bits per heavy atom. The molecule has 2 N–H and O–H groups in total. The fourth-order valence-electron chi connectivity index (χ4n) is 2.74. The molecule has 0 atom stereocenters. The number of aliphatic hydroxyl groups is 1. The molecule has 0 radical (unpaired) electrons. The van der Waals surface area contributed by atoms with Crippen LogP contribution < -0.4 is 5.32 Å². The zero-order chi connectivity index (χ0) is 13.1. The van der Waals surface area contributed by atoms with Gasteiger partial charge in [-0.2, -0.15) is 0 Å². The van der Waals surface area contributed by atoms with Gasteiger partial charge in [-0.1, -0.05) is 12.1 Å². The number of hydrogen-bond donors (Lipinski definition) is 2. The molecule has 1 fully saturated rings. The smallest absolute Gasteiger partial charge is 0.0541 e. The third kappa shape index (κ3) is 3.33. The van der Waals surface area contributed by atoms with Gasteiger partial charge in [0.15, 0.2) is 0 Å². The molecule has 0 bridgehead atoms. The van der Waals surface area contributed by atoms with Crippen molar-refractivity contribution in [2.24, 2.45) is 0 Å². The summed E-state index contributed by atoms with van der Waals surface area (Å²) in [5.74, 6) is 0. The summed E-state index contributed by atoms with van der Waals surface area (Å²) in [6.07, 6.45) is 4.04. The SMILES string of the molecule is Cc1cc(C)c(CNC2CCC(O)CC2)cc1C. The Hall–Kier alpha value is -0.860. The fourth-order valence-corrected chi connectivity index (χ4v) is 2.74. The Morgan fingerprint density at radius 1 is 1.00 bits per heavy atom. The average molecular weight is 247 g/mol. The Kier molecular flexibility index (Phi) is 4.41. The zero-order valence-electron chi connectivity index (χ0n) is 11.8. The zero-order valence-corrected chi connectivity index (χ0v) is 11.8. The second-order valence-electron chi connectivity index (χ2n) is 5.75. The summed E-state index contributed by atoms with van der Waals surface area (Å²) < 4.78 is 0. The molecule has 2 rings (SSSR count). The largest absolute Gasteiger partial charge is 0.393 e. The van der Waals surface area contributed by atoms with E-state index in [1.807, 2.05) is 0 Å². The van der Waals surface area contributed by atoms with Crippen molar-refractivity contribution in [1.29, 1.82) is 0 Å². The molecule has 0 heterocycles. The van der Waals surface area contributed by atoms with Crippen molar-refractivity contribution < 1.29 is 5.11 Å². The lowest BCUT2D eigenvalue weighted by atomic mass is 9.92. The second kappa shape index (κ2) is 5.85. The van der Waals surface area contributed by atoms with Crippen LogP contribution in [0.25, 0.3) is 0 Å². The van der Waals surface area contributed by atoms with Crippen molar-refractivity contribution in [3.63, 3.8) is 0 Å². The maximum atomic E-state index is 9.50. The molecule has 0 unspecified atom stereocenters. The topological polar surface area (TPSA) is 32.3 Å². The van der Waals surface area contributed by atoms with Crippen LogP contribution in [0.15, 0.2) is 12.1 Å². The highest BCUT2D eigenvalue weighted by Gasteiger charge is 2.18. The van der Waals surface area contributed by atoms with E-state index in [4.69, 9.17) is 0 Å². The number of rotatable bonds is 3. The lowest BCUT2D eigenvalue weighted by Gasteiger charge is -2.26. The van der Waals surface area contributed by atoms with Gasteiger partial charge in [0, 0.05) is 12.6 Å². The molecule has 2 heteroatoms. The van der Waals surface area contributed by atoms with Crippen LogP contribution in [-0.2, 0) is 6.54 Å². The van der Waals surface area contributed by atoms with Crippen LogP contribution in [-0.4, -0.2) is 17.3 Å². The molecular formula is C16H25NO. The molecule has 1 saturated carbocycles. The van der Waals surface area contributed by atoms with Gasteiger partial charge in [-0.05, 0) is 68.7 Å². The molecule has 1 aromatic carbocycles. The molecular weight excluding hydrogens is 222 g/mol. The standard InChI is InChI=1S/C16H25NO/c1-11-8-13(3)14(9-12(11)2)10-17-15-4-6-16(18)7-5-15/h8-9,15-18H,4-7,10H2,1-3H3. The van der Waals surface area contributed by atoms with Gasteiger partial charge in [0.25, 0.3) is 0 Å². The van der Waals surface area contributed by atoms with Crippen molar-refractivity contribution in [1.82, 2.24) is 5.32 Å². The van der Waals surface area contributed by atoms with Crippen LogP contribution in [0, 0.1) is 20.8 Å². The van der Waals surface area contributed by atoms with Crippen molar-refractivity contribution in [3.8, 4) is 0 Å². The van der Waals surface area contributed by atoms with E-state index < -0.39 is 0 Å².